The van der Waals surface area contributed by atoms with Gasteiger partial charge in [-0.25, -0.2) is 4.39 Å². The number of hydrogen-bond donors (Lipinski definition) is 1. The van der Waals surface area contributed by atoms with Gasteiger partial charge in [-0.05, 0) is 43.0 Å². The molecule has 0 bridgehead atoms. The van der Waals surface area contributed by atoms with Crippen molar-refractivity contribution < 1.29 is 4.39 Å². The van der Waals surface area contributed by atoms with E-state index in [1.54, 1.807) is 17.8 Å². The highest BCUT2D eigenvalue weighted by Gasteiger charge is 2.15. The van der Waals surface area contributed by atoms with Gasteiger partial charge in [0.25, 0.3) is 0 Å². The van der Waals surface area contributed by atoms with Crippen LogP contribution in [0.1, 0.15) is 38.2 Å². The molecule has 0 spiro atoms. The largest absolute Gasteiger partial charge is 0.313 e. The number of nitrogens with one attached hydrogen (secondary N) is 1. The Bertz CT molecular complexity index is 375. The molecule has 100 valence electrons. The molecule has 0 aliphatic heterocycles. The third kappa shape index (κ3) is 3.99. The van der Waals surface area contributed by atoms with E-state index >= 15 is 0 Å². The first-order chi connectivity index (χ1) is 8.79. The Morgan fingerprint density at radius 1 is 1.33 bits per heavy atom. The van der Waals surface area contributed by atoms with E-state index in [0.717, 1.165) is 35.2 Å². The Morgan fingerprint density at radius 2 is 2.11 bits per heavy atom. The molecule has 0 heterocycles. The summed E-state index contributed by atoms with van der Waals surface area (Å²) in [5.74, 6) is 1.81. The minimum absolute atomic E-state index is 0.0617. The number of thioether (sulfide) groups is 1. The number of hydrogen-bond acceptors (Lipinski definition) is 2. The maximum atomic E-state index is 13.9. The lowest BCUT2D eigenvalue weighted by Gasteiger charge is -2.10. The summed E-state index contributed by atoms with van der Waals surface area (Å²) >= 11 is 1.68. The van der Waals surface area contributed by atoms with Crippen LogP contribution < -0.4 is 5.32 Å². The maximum Gasteiger partial charge on any atom is 0.137 e. The average molecular weight is 267 g/mol. The molecule has 1 N–H and O–H groups in total. The van der Waals surface area contributed by atoms with Crippen molar-refractivity contribution >= 4 is 11.8 Å². The Balaban J connectivity index is 1.87. The summed E-state index contributed by atoms with van der Waals surface area (Å²) in [6, 6.07) is 5.63. The minimum atomic E-state index is -0.0617. The molecular weight excluding hydrogens is 245 g/mol. The molecule has 1 saturated carbocycles. The smallest absolute Gasteiger partial charge is 0.137 e. The predicted molar refractivity (Wildman–Crippen MR) is 76.5 cm³/mol. The summed E-state index contributed by atoms with van der Waals surface area (Å²) in [5.41, 5.74) is 1.03. The van der Waals surface area contributed by atoms with Crippen LogP contribution in [0.4, 0.5) is 4.39 Å². The van der Waals surface area contributed by atoms with Crippen LogP contribution >= 0.6 is 11.8 Å². The average Bonchev–Trinajstić information content (AvgIpc) is 2.88. The Kier molecular flexibility index (Phi) is 5.51. The highest BCUT2D eigenvalue weighted by atomic mass is 32.2. The first-order valence-electron chi connectivity index (χ1n) is 6.91. The molecule has 0 atom stereocenters. The third-order valence-corrected chi connectivity index (χ3v) is 4.80. The van der Waals surface area contributed by atoms with Crippen molar-refractivity contribution in [2.45, 2.75) is 44.0 Å². The van der Waals surface area contributed by atoms with Crippen LogP contribution in [0.25, 0.3) is 0 Å². The van der Waals surface area contributed by atoms with E-state index in [-0.39, 0.29) is 5.82 Å². The Morgan fingerprint density at radius 3 is 2.78 bits per heavy atom. The zero-order valence-corrected chi connectivity index (χ0v) is 11.9. The maximum absolute atomic E-state index is 13.9. The van der Waals surface area contributed by atoms with Crippen LogP contribution in [0.2, 0.25) is 0 Å². The standard InChI is InChI=1S/C15H22FNS/c1-2-17-10-13-7-8-15(14(16)9-13)18-11-12-5-3-4-6-12/h7-9,12,17H,2-6,10-11H2,1H3. The van der Waals surface area contributed by atoms with Gasteiger partial charge in [0.1, 0.15) is 5.82 Å². The van der Waals surface area contributed by atoms with Gasteiger partial charge >= 0.3 is 0 Å². The number of benzene rings is 1. The number of rotatable bonds is 6. The van der Waals surface area contributed by atoms with Crippen LogP contribution in [0.15, 0.2) is 23.1 Å². The first kappa shape index (κ1) is 13.9. The molecule has 0 aromatic heterocycles. The molecule has 1 aliphatic rings. The van der Waals surface area contributed by atoms with Gasteiger partial charge in [-0.2, -0.15) is 0 Å². The van der Waals surface area contributed by atoms with Crippen molar-refractivity contribution in [2.24, 2.45) is 5.92 Å². The fraction of sp³-hybridized carbons (Fsp3) is 0.600. The van der Waals surface area contributed by atoms with Crippen LogP contribution in [-0.2, 0) is 6.54 Å². The fourth-order valence-electron chi connectivity index (χ4n) is 2.43. The van der Waals surface area contributed by atoms with Crippen molar-refractivity contribution in [2.75, 3.05) is 12.3 Å². The lowest BCUT2D eigenvalue weighted by Crippen LogP contribution is -2.11. The van der Waals surface area contributed by atoms with E-state index in [9.17, 15) is 4.39 Å². The summed E-state index contributed by atoms with van der Waals surface area (Å²) in [4.78, 5) is 0.808. The molecular formula is C15H22FNS. The van der Waals surface area contributed by atoms with E-state index in [2.05, 4.69) is 12.2 Å². The second-order valence-electron chi connectivity index (χ2n) is 5.01. The summed E-state index contributed by atoms with van der Waals surface area (Å²) in [6.07, 6.45) is 5.37. The molecule has 0 unspecified atom stereocenters. The monoisotopic (exact) mass is 267 g/mol. The molecule has 1 aromatic carbocycles. The van der Waals surface area contributed by atoms with Gasteiger partial charge in [-0.15, -0.1) is 11.8 Å². The van der Waals surface area contributed by atoms with Crippen molar-refractivity contribution in [3.8, 4) is 0 Å². The Labute approximate surface area is 114 Å². The highest BCUT2D eigenvalue weighted by Crippen LogP contribution is 2.32. The molecule has 1 aromatic rings. The lowest BCUT2D eigenvalue weighted by atomic mass is 10.1. The molecule has 3 heteroatoms. The minimum Gasteiger partial charge on any atom is -0.313 e. The highest BCUT2D eigenvalue weighted by molar-refractivity contribution is 7.99. The zero-order chi connectivity index (χ0) is 12.8. The molecule has 0 saturated heterocycles. The zero-order valence-electron chi connectivity index (χ0n) is 11.0. The van der Waals surface area contributed by atoms with Gasteiger partial charge in [0.15, 0.2) is 0 Å². The van der Waals surface area contributed by atoms with Gasteiger partial charge in [0, 0.05) is 17.2 Å². The molecule has 0 radical (unpaired) electrons. The summed E-state index contributed by atoms with van der Waals surface area (Å²) < 4.78 is 13.9. The van der Waals surface area contributed by atoms with Crippen molar-refractivity contribution in [3.05, 3.63) is 29.6 Å². The quantitative estimate of drug-likeness (QED) is 0.775. The van der Waals surface area contributed by atoms with E-state index in [4.69, 9.17) is 0 Å². The van der Waals surface area contributed by atoms with E-state index in [1.165, 1.54) is 25.7 Å². The van der Waals surface area contributed by atoms with Crippen molar-refractivity contribution in [1.82, 2.24) is 5.32 Å². The summed E-state index contributed by atoms with van der Waals surface area (Å²) in [7, 11) is 0. The third-order valence-electron chi connectivity index (χ3n) is 3.52. The van der Waals surface area contributed by atoms with Crippen molar-refractivity contribution in [1.29, 1.82) is 0 Å². The van der Waals surface area contributed by atoms with Gasteiger partial charge < -0.3 is 5.32 Å². The molecule has 0 amide bonds. The molecule has 1 aliphatic carbocycles. The second kappa shape index (κ2) is 7.15. The van der Waals surface area contributed by atoms with Gasteiger partial charge in [0.2, 0.25) is 0 Å². The first-order valence-corrected chi connectivity index (χ1v) is 7.90. The molecule has 2 rings (SSSR count). The normalized spacial score (nSPS) is 16.3. The van der Waals surface area contributed by atoms with Crippen LogP contribution in [0.5, 0.6) is 0 Å². The second-order valence-corrected chi connectivity index (χ2v) is 6.07. The Hall–Kier alpha value is -0.540. The summed E-state index contributed by atoms with van der Waals surface area (Å²) in [5, 5.41) is 3.21. The van der Waals surface area contributed by atoms with Gasteiger partial charge in [-0.1, -0.05) is 25.8 Å². The van der Waals surface area contributed by atoms with Gasteiger partial charge in [0.05, 0.1) is 0 Å². The molecule has 1 fully saturated rings. The molecule has 18 heavy (non-hydrogen) atoms. The van der Waals surface area contributed by atoms with Crippen LogP contribution in [-0.4, -0.2) is 12.3 Å². The van der Waals surface area contributed by atoms with E-state index in [1.807, 2.05) is 12.1 Å². The lowest BCUT2D eigenvalue weighted by molar-refractivity contribution is 0.593. The predicted octanol–water partition coefficient (Wildman–Crippen LogP) is 4.22. The topological polar surface area (TPSA) is 12.0 Å². The SMILES string of the molecule is CCNCc1ccc(SCC2CCCC2)c(F)c1. The van der Waals surface area contributed by atoms with E-state index < -0.39 is 0 Å². The summed E-state index contributed by atoms with van der Waals surface area (Å²) in [6.45, 7) is 3.73. The van der Waals surface area contributed by atoms with E-state index in [0.29, 0.717) is 0 Å². The van der Waals surface area contributed by atoms with Crippen LogP contribution in [0, 0.1) is 11.7 Å². The van der Waals surface area contributed by atoms with Gasteiger partial charge in [-0.3, -0.25) is 0 Å². The number of halogens is 1. The fourth-order valence-corrected chi connectivity index (χ4v) is 3.54. The van der Waals surface area contributed by atoms with Crippen molar-refractivity contribution in [3.63, 3.8) is 0 Å². The molecule has 1 nitrogen and oxygen atoms in total. The van der Waals surface area contributed by atoms with Crippen LogP contribution in [0.3, 0.4) is 0 Å².